The van der Waals surface area contributed by atoms with Gasteiger partial charge >= 0.3 is 0 Å². The molecule has 2 saturated heterocycles. The van der Waals surface area contributed by atoms with Gasteiger partial charge in [-0.15, -0.1) is 0 Å². The fourth-order valence-corrected chi connectivity index (χ4v) is 4.84. The summed E-state index contributed by atoms with van der Waals surface area (Å²) in [6.45, 7) is 4.91. The first kappa shape index (κ1) is 20.1. The Bertz CT molecular complexity index is 1020. The molecule has 5 rings (SSSR count). The van der Waals surface area contributed by atoms with Gasteiger partial charge in [0, 0.05) is 57.1 Å². The van der Waals surface area contributed by atoms with Crippen molar-refractivity contribution in [2.24, 2.45) is 7.05 Å². The van der Waals surface area contributed by atoms with E-state index in [2.05, 4.69) is 21.0 Å². The zero-order valence-electron chi connectivity index (χ0n) is 18.0. The maximum absolute atomic E-state index is 13.2. The first-order chi connectivity index (χ1) is 15.2. The van der Waals surface area contributed by atoms with Crippen molar-refractivity contribution < 1.29 is 4.39 Å². The molecule has 0 aliphatic carbocycles. The summed E-state index contributed by atoms with van der Waals surface area (Å²) >= 11 is 0. The largest absolute Gasteiger partial charge is 0.341 e. The van der Waals surface area contributed by atoms with E-state index in [-0.39, 0.29) is 5.82 Å². The number of rotatable bonds is 5. The molecular formula is C24H29FN6. The number of halogens is 1. The zero-order valence-corrected chi connectivity index (χ0v) is 18.0. The van der Waals surface area contributed by atoms with Crippen LogP contribution in [0, 0.1) is 5.82 Å². The predicted molar refractivity (Wildman–Crippen MR) is 119 cm³/mol. The van der Waals surface area contributed by atoms with Crippen LogP contribution in [0.15, 0.2) is 42.7 Å². The van der Waals surface area contributed by atoms with E-state index >= 15 is 0 Å². The predicted octanol–water partition coefficient (Wildman–Crippen LogP) is 4.00. The Morgan fingerprint density at radius 3 is 2.65 bits per heavy atom. The van der Waals surface area contributed by atoms with E-state index in [1.54, 1.807) is 12.1 Å². The SMILES string of the molecule is Cn1cc(-c2ccnc(N3CCCC3)n2)c([C@H]2CCCN(Cc3ccc(F)cc3)C2)n1. The molecule has 4 heterocycles. The number of piperidine rings is 1. The van der Waals surface area contributed by atoms with Gasteiger partial charge in [0.15, 0.2) is 0 Å². The van der Waals surface area contributed by atoms with Gasteiger partial charge < -0.3 is 4.90 Å². The standard InChI is InChI=1S/C24H29FN6/c1-29-17-21(22-10-11-26-24(27-22)31-13-2-3-14-31)23(28-29)19-5-4-12-30(16-19)15-18-6-8-20(25)9-7-18/h6-11,17,19H,2-5,12-16H2,1H3/t19-/m0/s1. The van der Waals surface area contributed by atoms with E-state index in [1.807, 2.05) is 36.1 Å². The molecule has 162 valence electrons. The second-order valence-corrected chi connectivity index (χ2v) is 8.74. The molecule has 2 aromatic heterocycles. The van der Waals surface area contributed by atoms with Crippen LogP contribution in [0.25, 0.3) is 11.3 Å². The van der Waals surface area contributed by atoms with Crippen LogP contribution in [-0.4, -0.2) is 50.8 Å². The van der Waals surface area contributed by atoms with Gasteiger partial charge in [-0.05, 0) is 56.0 Å². The van der Waals surface area contributed by atoms with E-state index in [4.69, 9.17) is 10.1 Å². The highest BCUT2D eigenvalue weighted by Crippen LogP contribution is 2.34. The van der Waals surface area contributed by atoms with Crippen molar-refractivity contribution in [1.82, 2.24) is 24.6 Å². The molecule has 3 aromatic rings. The number of benzene rings is 1. The molecule has 2 aliphatic heterocycles. The first-order valence-corrected chi connectivity index (χ1v) is 11.2. The number of aryl methyl sites for hydroxylation is 1. The molecule has 0 bridgehead atoms. The zero-order chi connectivity index (χ0) is 21.2. The molecule has 0 N–H and O–H groups in total. The van der Waals surface area contributed by atoms with Crippen LogP contribution in [0.5, 0.6) is 0 Å². The lowest BCUT2D eigenvalue weighted by atomic mass is 9.91. The molecule has 1 aromatic carbocycles. The fourth-order valence-electron chi connectivity index (χ4n) is 4.84. The lowest BCUT2D eigenvalue weighted by Crippen LogP contribution is -2.34. The third-order valence-electron chi connectivity index (χ3n) is 6.38. The smallest absolute Gasteiger partial charge is 0.225 e. The molecule has 0 saturated carbocycles. The van der Waals surface area contributed by atoms with Crippen LogP contribution < -0.4 is 4.90 Å². The van der Waals surface area contributed by atoms with Crippen LogP contribution in [0.1, 0.15) is 42.9 Å². The second-order valence-electron chi connectivity index (χ2n) is 8.74. The molecular weight excluding hydrogens is 391 g/mol. The van der Waals surface area contributed by atoms with E-state index < -0.39 is 0 Å². The number of anilines is 1. The van der Waals surface area contributed by atoms with Crippen molar-refractivity contribution >= 4 is 5.95 Å². The molecule has 31 heavy (non-hydrogen) atoms. The van der Waals surface area contributed by atoms with E-state index in [9.17, 15) is 4.39 Å². The number of likely N-dealkylation sites (tertiary alicyclic amines) is 1. The molecule has 2 fully saturated rings. The van der Waals surface area contributed by atoms with Crippen LogP contribution in [-0.2, 0) is 13.6 Å². The highest BCUT2D eigenvalue weighted by Gasteiger charge is 2.27. The normalized spacial score (nSPS) is 19.8. The molecule has 0 unspecified atom stereocenters. The van der Waals surface area contributed by atoms with Crippen molar-refractivity contribution in [3.05, 3.63) is 59.8 Å². The number of nitrogens with zero attached hydrogens (tertiary/aromatic N) is 6. The molecule has 0 amide bonds. The van der Waals surface area contributed by atoms with E-state index in [0.717, 1.165) is 74.0 Å². The van der Waals surface area contributed by atoms with E-state index in [0.29, 0.717) is 5.92 Å². The van der Waals surface area contributed by atoms with Crippen LogP contribution in [0.2, 0.25) is 0 Å². The van der Waals surface area contributed by atoms with Crippen molar-refractivity contribution in [2.75, 3.05) is 31.1 Å². The highest BCUT2D eigenvalue weighted by molar-refractivity contribution is 5.63. The lowest BCUT2D eigenvalue weighted by molar-refractivity contribution is 0.198. The Hall–Kier alpha value is -2.80. The molecule has 2 aliphatic rings. The van der Waals surface area contributed by atoms with Gasteiger partial charge in [0.1, 0.15) is 5.82 Å². The Kier molecular flexibility index (Phi) is 5.68. The van der Waals surface area contributed by atoms with Gasteiger partial charge in [-0.1, -0.05) is 12.1 Å². The number of hydrogen-bond donors (Lipinski definition) is 0. The number of aromatic nitrogens is 4. The Morgan fingerprint density at radius 1 is 1.03 bits per heavy atom. The molecule has 7 heteroatoms. The maximum Gasteiger partial charge on any atom is 0.225 e. The highest BCUT2D eigenvalue weighted by atomic mass is 19.1. The summed E-state index contributed by atoms with van der Waals surface area (Å²) in [5, 5.41) is 4.86. The van der Waals surface area contributed by atoms with Gasteiger partial charge in [0.25, 0.3) is 0 Å². The van der Waals surface area contributed by atoms with Gasteiger partial charge in [0.2, 0.25) is 5.95 Å². The second kappa shape index (κ2) is 8.75. The molecule has 6 nitrogen and oxygen atoms in total. The van der Waals surface area contributed by atoms with Crippen molar-refractivity contribution in [1.29, 1.82) is 0 Å². The summed E-state index contributed by atoms with van der Waals surface area (Å²) in [6, 6.07) is 8.85. The summed E-state index contributed by atoms with van der Waals surface area (Å²) < 4.78 is 15.2. The van der Waals surface area contributed by atoms with Crippen molar-refractivity contribution in [3.63, 3.8) is 0 Å². The number of hydrogen-bond acceptors (Lipinski definition) is 5. The maximum atomic E-state index is 13.2. The minimum atomic E-state index is -0.184. The quantitative estimate of drug-likeness (QED) is 0.625. The summed E-state index contributed by atoms with van der Waals surface area (Å²) in [7, 11) is 1.98. The van der Waals surface area contributed by atoms with E-state index in [1.165, 1.54) is 12.8 Å². The fraction of sp³-hybridized carbons (Fsp3) is 0.458. The van der Waals surface area contributed by atoms with Gasteiger partial charge in [-0.25, -0.2) is 14.4 Å². The third kappa shape index (κ3) is 4.46. The molecule has 0 radical (unpaired) electrons. The summed E-state index contributed by atoms with van der Waals surface area (Å²) in [5.41, 5.74) is 4.33. The van der Waals surface area contributed by atoms with Crippen LogP contribution in [0.3, 0.4) is 0 Å². The topological polar surface area (TPSA) is 50.1 Å². The first-order valence-electron chi connectivity index (χ1n) is 11.2. The van der Waals surface area contributed by atoms with Crippen molar-refractivity contribution in [3.8, 4) is 11.3 Å². The van der Waals surface area contributed by atoms with Crippen LogP contribution in [0.4, 0.5) is 10.3 Å². The van der Waals surface area contributed by atoms with Crippen molar-refractivity contribution in [2.45, 2.75) is 38.1 Å². The Morgan fingerprint density at radius 2 is 1.84 bits per heavy atom. The monoisotopic (exact) mass is 420 g/mol. The lowest BCUT2D eigenvalue weighted by Gasteiger charge is -2.32. The van der Waals surface area contributed by atoms with Gasteiger partial charge in [-0.2, -0.15) is 5.10 Å². The molecule has 1 atom stereocenters. The average Bonchev–Trinajstić information content (AvgIpc) is 3.46. The summed E-state index contributed by atoms with van der Waals surface area (Å²) in [6.07, 6.45) is 8.62. The Labute approximate surface area is 182 Å². The minimum absolute atomic E-state index is 0.184. The summed E-state index contributed by atoms with van der Waals surface area (Å²) in [4.78, 5) is 14.1. The van der Waals surface area contributed by atoms with Gasteiger partial charge in [0.05, 0.1) is 11.4 Å². The van der Waals surface area contributed by atoms with Crippen LogP contribution >= 0.6 is 0 Å². The Balaban J connectivity index is 1.37. The summed E-state index contributed by atoms with van der Waals surface area (Å²) in [5.74, 6) is 0.999. The average molecular weight is 421 g/mol. The minimum Gasteiger partial charge on any atom is -0.341 e. The third-order valence-corrected chi connectivity index (χ3v) is 6.38. The molecule has 0 spiro atoms. The van der Waals surface area contributed by atoms with Gasteiger partial charge in [-0.3, -0.25) is 9.58 Å².